The first-order chi connectivity index (χ1) is 7.36. The molecule has 0 aromatic heterocycles. The van der Waals surface area contributed by atoms with Crippen LogP contribution in [-0.4, -0.2) is 10.7 Å². The van der Waals surface area contributed by atoms with E-state index in [9.17, 15) is 5.11 Å². The van der Waals surface area contributed by atoms with Gasteiger partial charge in [-0.1, -0.05) is 26.0 Å². The molecule has 0 aromatic rings. The lowest BCUT2D eigenvalue weighted by atomic mass is 9.78. The number of aliphatic hydroxyl groups is 1. The fraction of sp³-hybridized carbons (Fsp3) is 0.867. The van der Waals surface area contributed by atoms with Gasteiger partial charge in [0.2, 0.25) is 0 Å². The molecule has 5 atom stereocenters. The molecular weight excluding hydrogens is 196 g/mol. The summed E-state index contributed by atoms with van der Waals surface area (Å²) in [5.74, 6) is 2.67. The Balaban J connectivity index is 1.98. The Kier molecular flexibility index (Phi) is 1.98. The number of hydrogen-bond donors (Lipinski definition) is 1. The van der Waals surface area contributed by atoms with Gasteiger partial charge in [0.15, 0.2) is 0 Å². The molecule has 90 valence electrons. The minimum absolute atomic E-state index is 0.436. The third kappa shape index (κ3) is 1.21. The summed E-state index contributed by atoms with van der Waals surface area (Å²) in [5, 5.41) is 10.6. The molecule has 1 N–H and O–H groups in total. The summed E-state index contributed by atoms with van der Waals surface area (Å²) in [5.41, 5.74) is 1.46. The predicted molar refractivity (Wildman–Crippen MR) is 66.0 cm³/mol. The van der Waals surface area contributed by atoms with Crippen LogP contribution in [0.25, 0.3) is 0 Å². The lowest BCUT2D eigenvalue weighted by molar-refractivity contribution is -0.00137. The van der Waals surface area contributed by atoms with E-state index in [-0.39, 0.29) is 0 Å². The minimum atomic E-state index is -0.436. The van der Waals surface area contributed by atoms with E-state index in [1.807, 2.05) is 0 Å². The van der Waals surface area contributed by atoms with Crippen molar-refractivity contribution in [1.29, 1.82) is 0 Å². The largest absolute Gasteiger partial charge is 0.390 e. The van der Waals surface area contributed by atoms with Crippen LogP contribution in [0.5, 0.6) is 0 Å². The molecule has 0 bridgehead atoms. The molecule has 0 aromatic carbocycles. The molecule has 3 aliphatic rings. The summed E-state index contributed by atoms with van der Waals surface area (Å²) in [6.07, 6.45) is 4.64. The molecule has 1 nitrogen and oxygen atoms in total. The van der Waals surface area contributed by atoms with Gasteiger partial charge in [0, 0.05) is 0 Å². The molecule has 0 unspecified atom stereocenters. The van der Waals surface area contributed by atoms with Gasteiger partial charge in [-0.25, -0.2) is 0 Å². The Hall–Kier alpha value is -0.300. The standard InChI is InChI=1S/C15H24O/c1-9-5-6-11-13(14(11,2)3)12-10(9)7-8-15(12,4)16/h10-13,16H,1,5-8H2,2-4H3/t10-,11+,12-,13+,15+/m0/s1. The fourth-order valence-electron chi connectivity index (χ4n) is 4.90. The van der Waals surface area contributed by atoms with Crippen molar-refractivity contribution in [2.75, 3.05) is 0 Å². The van der Waals surface area contributed by atoms with Gasteiger partial charge in [-0.3, -0.25) is 0 Å². The van der Waals surface area contributed by atoms with Crippen molar-refractivity contribution in [3.8, 4) is 0 Å². The van der Waals surface area contributed by atoms with E-state index >= 15 is 0 Å². The second kappa shape index (κ2) is 2.93. The Morgan fingerprint density at radius 3 is 2.56 bits per heavy atom. The summed E-state index contributed by atoms with van der Waals surface area (Å²) in [6.45, 7) is 11.1. The van der Waals surface area contributed by atoms with Crippen molar-refractivity contribution >= 4 is 0 Å². The molecule has 0 saturated heterocycles. The van der Waals surface area contributed by atoms with Crippen molar-refractivity contribution in [3.05, 3.63) is 12.2 Å². The number of rotatable bonds is 0. The molecule has 16 heavy (non-hydrogen) atoms. The van der Waals surface area contributed by atoms with Crippen molar-refractivity contribution in [2.24, 2.45) is 29.1 Å². The van der Waals surface area contributed by atoms with Crippen LogP contribution in [0.1, 0.15) is 46.5 Å². The van der Waals surface area contributed by atoms with E-state index in [4.69, 9.17) is 0 Å². The topological polar surface area (TPSA) is 20.2 Å². The maximum atomic E-state index is 10.6. The van der Waals surface area contributed by atoms with Gasteiger partial charge in [0.05, 0.1) is 5.60 Å². The van der Waals surface area contributed by atoms with Crippen molar-refractivity contribution < 1.29 is 5.11 Å². The highest BCUT2D eigenvalue weighted by Gasteiger charge is 2.67. The van der Waals surface area contributed by atoms with E-state index in [1.165, 1.54) is 18.4 Å². The van der Waals surface area contributed by atoms with Crippen molar-refractivity contribution in [3.63, 3.8) is 0 Å². The average molecular weight is 220 g/mol. The van der Waals surface area contributed by atoms with Crippen LogP contribution in [0.15, 0.2) is 12.2 Å². The van der Waals surface area contributed by atoms with Crippen LogP contribution >= 0.6 is 0 Å². The molecular formula is C15H24O. The molecule has 3 aliphatic carbocycles. The van der Waals surface area contributed by atoms with E-state index in [0.29, 0.717) is 17.3 Å². The van der Waals surface area contributed by atoms with Crippen LogP contribution in [0.3, 0.4) is 0 Å². The number of fused-ring (bicyclic) bond motifs is 3. The second-order valence-electron chi connectivity index (χ2n) is 7.18. The highest BCUT2D eigenvalue weighted by atomic mass is 16.3. The van der Waals surface area contributed by atoms with Crippen LogP contribution in [-0.2, 0) is 0 Å². The molecule has 3 fully saturated rings. The van der Waals surface area contributed by atoms with Gasteiger partial charge in [-0.2, -0.15) is 0 Å². The highest BCUT2D eigenvalue weighted by Crippen LogP contribution is 2.71. The third-order valence-electron chi connectivity index (χ3n) is 5.94. The van der Waals surface area contributed by atoms with Gasteiger partial charge >= 0.3 is 0 Å². The van der Waals surface area contributed by atoms with Crippen LogP contribution in [0.2, 0.25) is 0 Å². The molecule has 3 rings (SSSR count). The third-order valence-corrected chi connectivity index (χ3v) is 5.94. The summed E-state index contributed by atoms with van der Waals surface area (Å²) in [7, 11) is 0. The predicted octanol–water partition coefficient (Wildman–Crippen LogP) is 3.39. The first kappa shape index (κ1) is 10.8. The molecule has 1 heteroatoms. The highest BCUT2D eigenvalue weighted by molar-refractivity contribution is 5.22. The van der Waals surface area contributed by atoms with Crippen molar-refractivity contribution in [1.82, 2.24) is 0 Å². The SMILES string of the molecule is C=C1CC[C@@H]2[C@H]([C@@H]3[C@H]1CC[C@@]3(C)O)C2(C)C. The molecule has 0 heterocycles. The maximum Gasteiger partial charge on any atom is 0.0656 e. The summed E-state index contributed by atoms with van der Waals surface area (Å²) >= 11 is 0. The van der Waals surface area contributed by atoms with E-state index in [2.05, 4.69) is 27.4 Å². The summed E-state index contributed by atoms with van der Waals surface area (Å²) in [6, 6.07) is 0. The van der Waals surface area contributed by atoms with E-state index < -0.39 is 5.60 Å². The normalized spacial score (nSPS) is 54.1. The number of allylic oxidation sites excluding steroid dienone is 1. The van der Waals surface area contributed by atoms with Crippen LogP contribution in [0.4, 0.5) is 0 Å². The van der Waals surface area contributed by atoms with Gasteiger partial charge in [-0.05, 0) is 61.7 Å². The van der Waals surface area contributed by atoms with Gasteiger partial charge in [0.25, 0.3) is 0 Å². The lowest BCUT2D eigenvalue weighted by Gasteiger charge is -2.31. The molecule has 0 spiro atoms. The zero-order valence-corrected chi connectivity index (χ0v) is 10.8. The zero-order chi connectivity index (χ0) is 11.7. The quantitative estimate of drug-likeness (QED) is 0.620. The van der Waals surface area contributed by atoms with Crippen LogP contribution in [0, 0.1) is 29.1 Å². The Morgan fingerprint density at radius 2 is 1.88 bits per heavy atom. The molecule has 3 saturated carbocycles. The summed E-state index contributed by atoms with van der Waals surface area (Å²) in [4.78, 5) is 0. The monoisotopic (exact) mass is 220 g/mol. The van der Waals surface area contributed by atoms with E-state index in [0.717, 1.165) is 24.7 Å². The Bertz CT molecular complexity index is 339. The summed E-state index contributed by atoms with van der Waals surface area (Å²) < 4.78 is 0. The number of hydrogen-bond acceptors (Lipinski definition) is 1. The lowest BCUT2D eigenvalue weighted by Crippen LogP contribution is -2.34. The Labute approximate surface area is 98.9 Å². The smallest absolute Gasteiger partial charge is 0.0656 e. The average Bonchev–Trinajstić information content (AvgIpc) is 2.61. The van der Waals surface area contributed by atoms with Crippen LogP contribution < -0.4 is 0 Å². The fourth-order valence-corrected chi connectivity index (χ4v) is 4.90. The minimum Gasteiger partial charge on any atom is -0.390 e. The molecule has 0 radical (unpaired) electrons. The zero-order valence-electron chi connectivity index (χ0n) is 10.8. The van der Waals surface area contributed by atoms with Gasteiger partial charge in [0.1, 0.15) is 0 Å². The second-order valence-corrected chi connectivity index (χ2v) is 7.18. The van der Waals surface area contributed by atoms with Crippen molar-refractivity contribution in [2.45, 2.75) is 52.1 Å². The van der Waals surface area contributed by atoms with Gasteiger partial charge in [-0.15, -0.1) is 0 Å². The molecule has 0 aliphatic heterocycles. The van der Waals surface area contributed by atoms with E-state index in [1.54, 1.807) is 0 Å². The van der Waals surface area contributed by atoms with Gasteiger partial charge < -0.3 is 5.11 Å². The first-order valence-electron chi connectivity index (χ1n) is 6.76. The molecule has 0 amide bonds. The Morgan fingerprint density at radius 1 is 1.19 bits per heavy atom. The maximum absolute atomic E-state index is 10.6. The first-order valence-corrected chi connectivity index (χ1v) is 6.76.